The van der Waals surface area contributed by atoms with Gasteiger partial charge in [0.1, 0.15) is 0 Å². The smallest absolute Gasteiger partial charge is 0.325 e. The third-order valence-electron chi connectivity index (χ3n) is 4.83. The number of rotatable bonds is 5. The maximum Gasteiger partial charge on any atom is 0.325 e. The molecular formula is C20H26N4O2S. The molecule has 0 radical (unpaired) electrons. The predicted octanol–water partition coefficient (Wildman–Crippen LogP) is 4.43. The highest BCUT2D eigenvalue weighted by molar-refractivity contribution is 7.14. The van der Waals surface area contributed by atoms with E-state index in [1.165, 1.54) is 17.8 Å². The van der Waals surface area contributed by atoms with E-state index in [-0.39, 0.29) is 18.4 Å². The fourth-order valence-corrected chi connectivity index (χ4v) is 4.06. The highest BCUT2D eigenvalue weighted by Gasteiger charge is 2.25. The van der Waals surface area contributed by atoms with Gasteiger partial charge in [-0.2, -0.15) is 0 Å². The average molecular weight is 387 g/mol. The summed E-state index contributed by atoms with van der Waals surface area (Å²) in [6, 6.07) is 7.59. The zero-order chi connectivity index (χ0) is 19.2. The zero-order valence-electron chi connectivity index (χ0n) is 15.8. The Morgan fingerprint density at radius 2 is 2.00 bits per heavy atom. The van der Waals surface area contributed by atoms with Gasteiger partial charge in [0.05, 0.1) is 12.1 Å². The first kappa shape index (κ1) is 19.4. The zero-order valence-corrected chi connectivity index (χ0v) is 16.6. The number of nitrogens with zero attached hydrogens (tertiary/aromatic N) is 2. The number of hydrogen-bond donors (Lipinski definition) is 2. The van der Waals surface area contributed by atoms with E-state index in [9.17, 15) is 9.59 Å². The molecule has 2 N–H and O–H groups in total. The normalized spacial score (nSPS) is 16.8. The average Bonchev–Trinajstić information content (AvgIpc) is 3.10. The second-order valence-electron chi connectivity index (χ2n) is 6.91. The summed E-state index contributed by atoms with van der Waals surface area (Å²) in [5, 5.41) is 7.84. The number of piperidine rings is 1. The lowest BCUT2D eigenvalue weighted by atomic mass is 9.99. The van der Waals surface area contributed by atoms with Gasteiger partial charge in [0.2, 0.25) is 5.91 Å². The number of thiazole rings is 1. The van der Waals surface area contributed by atoms with Crippen molar-refractivity contribution < 1.29 is 9.59 Å². The number of amides is 3. The molecular weight excluding hydrogens is 360 g/mol. The third kappa shape index (κ3) is 5.29. The number of benzene rings is 1. The Kier molecular flexibility index (Phi) is 6.45. The Morgan fingerprint density at radius 3 is 2.74 bits per heavy atom. The lowest BCUT2D eigenvalue weighted by Crippen LogP contribution is -2.44. The largest absolute Gasteiger partial charge is 0.339 e. The van der Waals surface area contributed by atoms with Crippen molar-refractivity contribution in [3.8, 4) is 0 Å². The van der Waals surface area contributed by atoms with Crippen LogP contribution in [-0.2, 0) is 11.2 Å². The van der Waals surface area contributed by atoms with Gasteiger partial charge >= 0.3 is 6.03 Å². The number of anilines is 2. The Hall–Kier alpha value is -2.41. The first-order valence-electron chi connectivity index (χ1n) is 9.43. The SMILES string of the molecule is CCC1CCCCN1C(=O)Cc1csc(NC(=O)Nc2ccc(C)cc2)n1. The molecule has 0 spiro atoms. The molecule has 0 aliphatic carbocycles. The Morgan fingerprint density at radius 1 is 1.22 bits per heavy atom. The van der Waals surface area contributed by atoms with Crippen LogP contribution in [-0.4, -0.2) is 34.4 Å². The predicted molar refractivity (Wildman–Crippen MR) is 109 cm³/mol. The van der Waals surface area contributed by atoms with Crippen LogP contribution in [0, 0.1) is 6.92 Å². The highest BCUT2D eigenvalue weighted by atomic mass is 32.1. The minimum atomic E-state index is -0.340. The van der Waals surface area contributed by atoms with Gasteiger partial charge in [-0.25, -0.2) is 9.78 Å². The van der Waals surface area contributed by atoms with Crippen LogP contribution in [0.3, 0.4) is 0 Å². The monoisotopic (exact) mass is 386 g/mol. The minimum Gasteiger partial charge on any atom is -0.339 e. The lowest BCUT2D eigenvalue weighted by Gasteiger charge is -2.35. The molecule has 3 amide bonds. The summed E-state index contributed by atoms with van der Waals surface area (Å²) in [5.74, 6) is 0.127. The molecule has 1 aromatic carbocycles. The van der Waals surface area contributed by atoms with Crippen LogP contribution < -0.4 is 10.6 Å². The van der Waals surface area contributed by atoms with Crippen LogP contribution in [0.5, 0.6) is 0 Å². The van der Waals surface area contributed by atoms with E-state index >= 15 is 0 Å². The number of aromatic nitrogens is 1. The number of likely N-dealkylation sites (tertiary alicyclic amines) is 1. The van der Waals surface area contributed by atoms with Gasteiger partial charge in [-0.05, 0) is 44.7 Å². The Balaban J connectivity index is 1.54. The van der Waals surface area contributed by atoms with Crippen molar-refractivity contribution in [3.63, 3.8) is 0 Å². The molecule has 0 saturated carbocycles. The summed E-state index contributed by atoms with van der Waals surface area (Å²) in [6.07, 6.45) is 4.64. The Bertz CT molecular complexity index is 788. The fourth-order valence-electron chi connectivity index (χ4n) is 3.35. The number of carbonyl (C=O) groups excluding carboxylic acids is 2. The van der Waals surface area contributed by atoms with Gasteiger partial charge in [0.25, 0.3) is 0 Å². The molecule has 3 rings (SSSR count). The van der Waals surface area contributed by atoms with E-state index in [1.54, 1.807) is 0 Å². The quantitative estimate of drug-likeness (QED) is 0.798. The molecule has 2 aromatic rings. The van der Waals surface area contributed by atoms with Crippen LogP contribution in [0.4, 0.5) is 15.6 Å². The van der Waals surface area contributed by atoms with Crippen molar-refractivity contribution in [2.24, 2.45) is 0 Å². The van der Waals surface area contributed by atoms with Crippen LogP contribution in [0.25, 0.3) is 0 Å². The van der Waals surface area contributed by atoms with Crippen molar-refractivity contribution in [2.45, 2.75) is 52.0 Å². The molecule has 144 valence electrons. The van der Waals surface area contributed by atoms with E-state index in [0.29, 0.717) is 16.9 Å². The second-order valence-corrected chi connectivity index (χ2v) is 7.77. The number of carbonyl (C=O) groups is 2. The first-order chi connectivity index (χ1) is 13.0. The molecule has 1 aliphatic rings. The molecule has 7 heteroatoms. The molecule has 27 heavy (non-hydrogen) atoms. The second kappa shape index (κ2) is 8.99. The molecule has 1 atom stereocenters. The van der Waals surface area contributed by atoms with E-state index in [2.05, 4.69) is 22.5 Å². The summed E-state index contributed by atoms with van der Waals surface area (Å²) < 4.78 is 0. The molecule has 1 unspecified atom stereocenters. The number of hydrogen-bond acceptors (Lipinski definition) is 4. The van der Waals surface area contributed by atoms with Crippen molar-refractivity contribution >= 4 is 34.1 Å². The van der Waals surface area contributed by atoms with Crippen molar-refractivity contribution in [2.75, 3.05) is 17.2 Å². The van der Waals surface area contributed by atoms with Gasteiger partial charge < -0.3 is 10.2 Å². The summed E-state index contributed by atoms with van der Waals surface area (Å²) in [5.41, 5.74) is 2.56. The molecule has 1 aliphatic heterocycles. The van der Waals surface area contributed by atoms with Gasteiger partial charge in [-0.15, -0.1) is 11.3 Å². The van der Waals surface area contributed by atoms with Crippen LogP contribution in [0.15, 0.2) is 29.6 Å². The third-order valence-corrected chi connectivity index (χ3v) is 5.64. The van der Waals surface area contributed by atoms with Crippen molar-refractivity contribution in [1.29, 1.82) is 0 Å². The maximum absolute atomic E-state index is 12.6. The number of aryl methyl sites for hydroxylation is 1. The standard InChI is InChI=1S/C20H26N4O2S/c1-3-17-6-4-5-11-24(17)18(25)12-16-13-27-20(22-16)23-19(26)21-15-9-7-14(2)8-10-15/h7-10,13,17H,3-6,11-12H2,1-2H3,(H2,21,22,23,26). The lowest BCUT2D eigenvalue weighted by molar-refractivity contribution is -0.134. The van der Waals surface area contributed by atoms with E-state index in [0.717, 1.165) is 37.1 Å². The van der Waals surface area contributed by atoms with Crippen LogP contribution >= 0.6 is 11.3 Å². The van der Waals surface area contributed by atoms with Crippen LogP contribution in [0.1, 0.15) is 43.9 Å². The van der Waals surface area contributed by atoms with Crippen LogP contribution in [0.2, 0.25) is 0 Å². The van der Waals surface area contributed by atoms with Gasteiger partial charge in [-0.1, -0.05) is 24.6 Å². The first-order valence-corrected chi connectivity index (χ1v) is 10.3. The van der Waals surface area contributed by atoms with Gasteiger partial charge in [-0.3, -0.25) is 10.1 Å². The van der Waals surface area contributed by atoms with Gasteiger partial charge in [0, 0.05) is 23.7 Å². The molecule has 6 nitrogen and oxygen atoms in total. The summed E-state index contributed by atoms with van der Waals surface area (Å²) >= 11 is 1.33. The van der Waals surface area contributed by atoms with Gasteiger partial charge in [0.15, 0.2) is 5.13 Å². The minimum absolute atomic E-state index is 0.127. The molecule has 0 bridgehead atoms. The number of nitrogens with one attached hydrogen (secondary N) is 2. The molecule has 1 aromatic heterocycles. The summed E-state index contributed by atoms with van der Waals surface area (Å²) in [4.78, 5) is 31.1. The van der Waals surface area contributed by atoms with E-state index in [1.807, 2.05) is 41.5 Å². The van der Waals surface area contributed by atoms with E-state index < -0.39 is 0 Å². The molecule has 1 saturated heterocycles. The Labute approximate surface area is 164 Å². The van der Waals surface area contributed by atoms with Crippen molar-refractivity contribution in [1.82, 2.24) is 9.88 Å². The summed E-state index contributed by atoms with van der Waals surface area (Å²) in [7, 11) is 0. The maximum atomic E-state index is 12.6. The molecule has 1 fully saturated rings. The summed E-state index contributed by atoms with van der Waals surface area (Å²) in [6.45, 7) is 4.97. The molecule has 2 heterocycles. The number of urea groups is 1. The van der Waals surface area contributed by atoms with Crippen molar-refractivity contribution in [3.05, 3.63) is 40.9 Å². The highest BCUT2D eigenvalue weighted by Crippen LogP contribution is 2.22. The topological polar surface area (TPSA) is 74.3 Å². The fraction of sp³-hybridized carbons (Fsp3) is 0.450. The van der Waals surface area contributed by atoms with E-state index in [4.69, 9.17) is 0 Å².